The zero-order valence-corrected chi connectivity index (χ0v) is 16.8. The molecule has 0 saturated heterocycles. The third-order valence-electron chi connectivity index (χ3n) is 5.34. The van der Waals surface area contributed by atoms with Gasteiger partial charge in [0.2, 0.25) is 0 Å². The summed E-state index contributed by atoms with van der Waals surface area (Å²) in [6.07, 6.45) is 1.71. The lowest BCUT2D eigenvalue weighted by Gasteiger charge is -2.08. The van der Waals surface area contributed by atoms with Crippen LogP contribution < -0.4 is 26.5 Å². The molecule has 6 nitrogen and oxygen atoms in total. The molecule has 1 aliphatic heterocycles. The van der Waals surface area contributed by atoms with Crippen molar-refractivity contribution in [3.8, 4) is 5.75 Å². The van der Waals surface area contributed by atoms with Gasteiger partial charge in [0.1, 0.15) is 11.6 Å². The number of hydrogen-bond acceptors (Lipinski definition) is 4. The minimum absolute atomic E-state index is 0.276. The molecule has 0 atom stereocenters. The summed E-state index contributed by atoms with van der Waals surface area (Å²) in [7, 11) is 1.61. The number of aliphatic imine (C=N–C) groups is 1. The fourth-order valence-corrected chi connectivity index (χ4v) is 3.85. The Hall–Kier alpha value is -4.32. The van der Waals surface area contributed by atoms with Crippen LogP contribution in [0.25, 0.3) is 11.6 Å². The Bertz CT molecular complexity index is 1480. The molecule has 0 aliphatic carbocycles. The average molecular weight is 408 g/mol. The molecule has 0 saturated carbocycles. The van der Waals surface area contributed by atoms with Crippen molar-refractivity contribution < 1.29 is 4.74 Å². The Balaban J connectivity index is 1.82. The van der Waals surface area contributed by atoms with Crippen LogP contribution in [0, 0.1) is 0 Å². The van der Waals surface area contributed by atoms with Gasteiger partial charge in [0.25, 0.3) is 5.56 Å². The molecule has 5 rings (SSSR count). The fourth-order valence-electron chi connectivity index (χ4n) is 3.85. The molecule has 4 N–H and O–H groups in total. The number of benzene rings is 3. The van der Waals surface area contributed by atoms with Gasteiger partial charge >= 0.3 is 0 Å². The van der Waals surface area contributed by atoms with Crippen LogP contribution in [-0.2, 0) is 0 Å². The number of hydrogen-bond donors (Lipinski definition) is 3. The van der Waals surface area contributed by atoms with Gasteiger partial charge < -0.3 is 10.5 Å². The van der Waals surface area contributed by atoms with Crippen molar-refractivity contribution in [2.75, 3.05) is 12.8 Å². The Morgan fingerprint density at radius 1 is 0.935 bits per heavy atom. The summed E-state index contributed by atoms with van der Waals surface area (Å²) in [4.78, 5) is 17.1. The number of nitrogen functional groups attached to an aromatic ring is 1. The highest BCUT2D eigenvalue weighted by Gasteiger charge is 2.21. The zero-order chi connectivity index (χ0) is 21.4. The van der Waals surface area contributed by atoms with Crippen molar-refractivity contribution in [1.82, 2.24) is 10.2 Å². The molecule has 0 unspecified atom stereocenters. The van der Waals surface area contributed by atoms with Gasteiger partial charge in [-0.15, -0.1) is 0 Å². The number of aromatic amines is 2. The van der Waals surface area contributed by atoms with Gasteiger partial charge in [0, 0.05) is 21.6 Å². The zero-order valence-electron chi connectivity index (χ0n) is 16.8. The molecule has 1 aliphatic rings. The Labute approximate surface area is 178 Å². The molecule has 0 fully saturated rings. The van der Waals surface area contributed by atoms with Crippen molar-refractivity contribution in [2.24, 2.45) is 4.99 Å². The summed E-state index contributed by atoms with van der Waals surface area (Å²) < 4.78 is 5.67. The number of H-pyrrole nitrogens is 2. The summed E-state index contributed by atoms with van der Waals surface area (Å²) in [6.45, 7) is 0. The molecule has 152 valence electrons. The van der Waals surface area contributed by atoms with Gasteiger partial charge in [0.15, 0.2) is 0 Å². The minimum atomic E-state index is -0.287. The first-order chi connectivity index (χ1) is 15.2. The topological polar surface area (TPSA) is 96.3 Å². The molecular weight excluding hydrogens is 388 g/mol. The van der Waals surface area contributed by atoms with Crippen LogP contribution >= 0.6 is 0 Å². The summed E-state index contributed by atoms with van der Waals surface area (Å²) in [5.74, 6) is 0.911. The van der Waals surface area contributed by atoms with E-state index in [1.807, 2.05) is 48.5 Å². The Kier molecular flexibility index (Phi) is 4.52. The Morgan fingerprint density at radius 2 is 1.61 bits per heavy atom. The maximum absolute atomic E-state index is 12.1. The van der Waals surface area contributed by atoms with Crippen LogP contribution in [0.3, 0.4) is 0 Å². The highest BCUT2D eigenvalue weighted by molar-refractivity contribution is 6.34. The molecule has 4 aromatic rings. The van der Waals surface area contributed by atoms with Gasteiger partial charge in [-0.25, -0.2) is 4.99 Å². The standard InChI is InChI=1S/C25H20N4O2/c1-31-21-14-18-20(13-17(21)12-19-24(26)28-29-25(19)30)27-23(16-10-6-3-7-11-16)22(18)15-8-4-2-5-9-15/h2-14H,1H3,(H4,26,28,29,30)/b17-12+. The second-order valence-corrected chi connectivity index (χ2v) is 7.23. The molecule has 0 amide bonds. The average Bonchev–Trinajstić information content (AvgIpc) is 3.34. The quantitative estimate of drug-likeness (QED) is 0.484. The first kappa shape index (κ1) is 18.7. The first-order valence-corrected chi connectivity index (χ1v) is 9.86. The first-order valence-electron chi connectivity index (χ1n) is 9.86. The van der Waals surface area contributed by atoms with E-state index in [4.69, 9.17) is 15.5 Å². The molecule has 6 heteroatoms. The lowest BCUT2D eigenvalue weighted by molar-refractivity contribution is 0.411. The van der Waals surface area contributed by atoms with E-state index < -0.39 is 0 Å². The third-order valence-corrected chi connectivity index (χ3v) is 5.34. The fraction of sp³-hybridized carbons (Fsp3) is 0.0400. The van der Waals surface area contributed by atoms with Gasteiger partial charge in [-0.2, -0.15) is 0 Å². The normalized spacial score (nSPS) is 13.3. The van der Waals surface area contributed by atoms with Crippen LogP contribution in [0.2, 0.25) is 0 Å². The van der Waals surface area contributed by atoms with Crippen LogP contribution in [0.1, 0.15) is 16.7 Å². The largest absolute Gasteiger partial charge is 0.496 e. The van der Waals surface area contributed by atoms with Crippen LogP contribution in [-0.4, -0.2) is 23.0 Å². The van der Waals surface area contributed by atoms with Crippen molar-refractivity contribution in [3.05, 3.63) is 110 Å². The number of anilines is 1. The van der Waals surface area contributed by atoms with Crippen molar-refractivity contribution in [3.63, 3.8) is 0 Å². The maximum atomic E-state index is 12.1. The van der Waals surface area contributed by atoms with E-state index in [1.165, 1.54) is 0 Å². The van der Waals surface area contributed by atoms with Crippen LogP contribution in [0.15, 0.2) is 82.6 Å². The predicted octanol–water partition coefficient (Wildman–Crippen LogP) is 2.46. The van der Waals surface area contributed by atoms with Crippen molar-refractivity contribution in [2.45, 2.75) is 0 Å². The number of nitrogens with one attached hydrogen (secondary N) is 2. The van der Waals surface area contributed by atoms with Gasteiger partial charge in [-0.05, 0) is 23.8 Å². The number of aromatic nitrogens is 2. The van der Waals surface area contributed by atoms with E-state index in [1.54, 1.807) is 13.2 Å². The second kappa shape index (κ2) is 7.50. The second-order valence-electron chi connectivity index (χ2n) is 7.23. The number of fused-ring (bicyclic) bond motifs is 1. The summed E-state index contributed by atoms with van der Waals surface area (Å²) in [5.41, 5.74) is 10.8. The number of nitrogens with zero attached hydrogens (tertiary/aromatic N) is 1. The summed E-state index contributed by atoms with van der Waals surface area (Å²) in [6, 6.07) is 24.2. The number of methoxy groups -OCH3 is 1. The smallest absolute Gasteiger partial charge is 0.273 e. The highest BCUT2D eigenvalue weighted by Crippen LogP contribution is 2.27. The minimum Gasteiger partial charge on any atom is -0.496 e. The van der Waals surface area contributed by atoms with E-state index in [2.05, 4.69) is 34.5 Å². The van der Waals surface area contributed by atoms with Crippen LogP contribution in [0.5, 0.6) is 5.75 Å². The highest BCUT2D eigenvalue weighted by atomic mass is 16.5. The molecular formula is C25H20N4O2. The van der Waals surface area contributed by atoms with Gasteiger partial charge in [-0.3, -0.25) is 15.0 Å². The van der Waals surface area contributed by atoms with E-state index in [0.717, 1.165) is 38.5 Å². The van der Waals surface area contributed by atoms with Crippen molar-refractivity contribution in [1.29, 1.82) is 0 Å². The number of nitrogens with two attached hydrogens (primary N) is 1. The van der Waals surface area contributed by atoms with Crippen molar-refractivity contribution >= 4 is 28.9 Å². The van der Waals surface area contributed by atoms with Crippen LogP contribution in [0.4, 0.5) is 11.5 Å². The SMILES string of the molecule is COc1cc2c(c/c1=C\c1c(N)[nH][nH]c1=O)N=C(c1ccccc1)C=2c1ccccc1. The molecule has 1 aromatic heterocycles. The number of rotatable bonds is 4. The monoisotopic (exact) mass is 408 g/mol. The lowest BCUT2D eigenvalue weighted by atomic mass is 9.95. The van der Waals surface area contributed by atoms with Gasteiger partial charge in [-0.1, -0.05) is 60.7 Å². The van der Waals surface area contributed by atoms with E-state index >= 15 is 0 Å². The summed E-state index contributed by atoms with van der Waals surface area (Å²) >= 11 is 0. The molecule has 31 heavy (non-hydrogen) atoms. The predicted molar refractivity (Wildman–Crippen MR) is 123 cm³/mol. The summed E-state index contributed by atoms with van der Waals surface area (Å²) in [5, 5.41) is 6.84. The molecule has 3 aromatic carbocycles. The molecule has 0 bridgehead atoms. The molecule has 0 radical (unpaired) electrons. The third kappa shape index (κ3) is 3.24. The van der Waals surface area contributed by atoms with E-state index in [9.17, 15) is 4.79 Å². The Morgan fingerprint density at radius 3 is 2.23 bits per heavy atom. The van der Waals surface area contributed by atoms with Gasteiger partial charge in [0.05, 0.1) is 24.1 Å². The number of ether oxygens (including phenoxy) is 1. The lowest BCUT2D eigenvalue weighted by Crippen LogP contribution is -2.16. The molecule has 2 heterocycles. The molecule has 0 spiro atoms. The van der Waals surface area contributed by atoms with E-state index in [-0.39, 0.29) is 11.4 Å². The maximum Gasteiger partial charge on any atom is 0.273 e. The van der Waals surface area contributed by atoms with E-state index in [0.29, 0.717) is 11.3 Å².